The standard InChI is InChI=1S/C51H33N5.C50H32N6/c1-2-14-40(15-3-1)56-49-22-7-5-18-43(49)45-32-39(33-54-51(45)56)35-23-24-50-44(31-35)42-17-4-6-21-48(42)55(50)41-16-12-13-34(30-41)36-27-37(46-19-8-10-25-52-46)29-38(28-36)47-20-9-11-26-53-47;1-2-14-37(15-3-1)56-48-22-7-5-18-40(48)42-29-36(32-53-50(42)56)34-23-24-49-41(28-34)39-17-4-6-21-47(39)55(49)38-16-12-13-33(27-38)35-30-45(43-19-8-10-25-51-43)54-46(31-35)44-20-9-11-26-52-44/h1-33H;1-32H. The lowest BCUT2D eigenvalue weighted by Gasteiger charge is -2.13. The highest BCUT2D eigenvalue weighted by atomic mass is 15.1. The normalized spacial score (nSPS) is 11.6. The number of nitrogens with zero attached hydrogens (tertiary/aromatic N) is 11. The highest BCUT2D eigenvalue weighted by molar-refractivity contribution is 6.14. The lowest BCUT2D eigenvalue weighted by molar-refractivity contribution is 1.14. The average Bonchev–Trinajstić information content (AvgIpc) is 1.59. The lowest BCUT2D eigenvalue weighted by Crippen LogP contribution is -1.96. The van der Waals surface area contributed by atoms with Crippen LogP contribution in [0.1, 0.15) is 0 Å². The minimum Gasteiger partial charge on any atom is -0.309 e. The predicted octanol–water partition coefficient (Wildman–Crippen LogP) is 24.9. The van der Waals surface area contributed by atoms with Gasteiger partial charge in [-0.25, -0.2) is 15.0 Å². The third-order valence-electron chi connectivity index (χ3n) is 21.5. The molecule has 22 aromatic rings. The highest BCUT2D eigenvalue weighted by Crippen LogP contribution is 2.43. The Bertz CT molecular complexity index is 6800. The Hall–Kier alpha value is -15.3. The Morgan fingerprint density at radius 3 is 0.893 bits per heavy atom. The molecule has 0 radical (unpaired) electrons. The summed E-state index contributed by atoms with van der Waals surface area (Å²) in [7, 11) is 0. The molecule has 0 aliphatic carbocycles. The van der Waals surface area contributed by atoms with Gasteiger partial charge in [-0.15, -0.1) is 0 Å². The summed E-state index contributed by atoms with van der Waals surface area (Å²) in [4.78, 5) is 33.8. The Balaban J connectivity index is 0.000000141. The van der Waals surface area contributed by atoms with Gasteiger partial charge in [0.15, 0.2) is 0 Å². The number of rotatable bonds is 12. The topological polar surface area (TPSA) is 110 Å². The molecule has 11 aromatic heterocycles. The zero-order valence-corrected chi connectivity index (χ0v) is 60.4. The largest absolute Gasteiger partial charge is 0.309 e. The number of aromatic nitrogens is 11. The van der Waals surface area contributed by atoms with E-state index in [1.807, 2.05) is 91.5 Å². The molecule has 0 fully saturated rings. The average molecular weight is 1430 g/mol. The van der Waals surface area contributed by atoms with E-state index in [4.69, 9.17) is 15.0 Å². The van der Waals surface area contributed by atoms with E-state index in [1.54, 1.807) is 12.4 Å². The molecule has 22 rings (SSSR count). The molecule has 11 nitrogen and oxygen atoms in total. The van der Waals surface area contributed by atoms with Crippen molar-refractivity contribution < 1.29 is 0 Å². The van der Waals surface area contributed by atoms with Crippen molar-refractivity contribution in [3.05, 3.63) is 395 Å². The van der Waals surface area contributed by atoms with Gasteiger partial charge in [0.25, 0.3) is 0 Å². The maximum Gasteiger partial charge on any atom is 0.145 e. The molecule has 0 aliphatic heterocycles. The summed E-state index contributed by atoms with van der Waals surface area (Å²) >= 11 is 0. The molecule has 0 N–H and O–H groups in total. The summed E-state index contributed by atoms with van der Waals surface area (Å²) in [5, 5.41) is 9.44. The predicted molar refractivity (Wildman–Crippen MR) is 458 cm³/mol. The molecule has 0 atom stereocenters. The quantitative estimate of drug-likeness (QED) is 0.120. The number of fused-ring (bicyclic) bond motifs is 12. The zero-order chi connectivity index (χ0) is 74.0. The maximum atomic E-state index is 5.11. The van der Waals surface area contributed by atoms with Gasteiger partial charge in [0.1, 0.15) is 11.3 Å². The zero-order valence-electron chi connectivity index (χ0n) is 60.4. The van der Waals surface area contributed by atoms with E-state index in [0.29, 0.717) is 0 Å². The fraction of sp³-hybridized carbons (Fsp3) is 0. The van der Waals surface area contributed by atoms with Gasteiger partial charge in [-0.2, -0.15) is 0 Å². The number of hydrogen-bond acceptors (Lipinski definition) is 7. The lowest BCUT2D eigenvalue weighted by atomic mass is 9.96. The summed E-state index contributed by atoms with van der Waals surface area (Å²) in [6.07, 6.45) is 11.3. The number of benzene rings is 11. The fourth-order valence-electron chi connectivity index (χ4n) is 16.3. The maximum absolute atomic E-state index is 5.11. The first-order valence-electron chi connectivity index (χ1n) is 37.5. The van der Waals surface area contributed by atoms with Crippen molar-refractivity contribution in [3.8, 4) is 113 Å². The first-order chi connectivity index (χ1) is 55.5. The van der Waals surface area contributed by atoms with E-state index in [1.165, 1.54) is 32.3 Å². The molecule has 0 bridgehead atoms. The van der Waals surface area contributed by atoms with Crippen LogP contribution < -0.4 is 0 Å². The van der Waals surface area contributed by atoms with Crippen LogP contribution in [0.5, 0.6) is 0 Å². The first-order valence-corrected chi connectivity index (χ1v) is 37.5. The van der Waals surface area contributed by atoms with Gasteiger partial charge in [0.05, 0.1) is 67.3 Å². The van der Waals surface area contributed by atoms with Crippen LogP contribution in [-0.4, -0.2) is 53.2 Å². The van der Waals surface area contributed by atoms with E-state index in [2.05, 4.69) is 329 Å². The minimum atomic E-state index is 0.802. The monoisotopic (exact) mass is 1430 g/mol. The van der Waals surface area contributed by atoms with Gasteiger partial charge < -0.3 is 9.13 Å². The summed E-state index contributed by atoms with van der Waals surface area (Å²) in [6.45, 7) is 0. The number of hydrogen-bond donors (Lipinski definition) is 0. The molecule has 11 aromatic carbocycles. The van der Waals surface area contributed by atoms with Gasteiger partial charge in [0.2, 0.25) is 0 Å². The Morgan fingerprint density at radius 2 is 0.482 bits per heavy atom. The molecule has 11 heterocycles. The van der Waals surface area contributed by atoms with Gasteiger partial charge >= 0.3 is 0 Å². The highest BCUT2D eigenvalue weighted by Gasteiger charge is 2.22. The molecule has 112 heavy (non-hydrogen) atoms. The molecule has 0 unspecified atom stereocenters. The fourth-order valence-corrected chi connectivity index (χ4v) is 16.3. The molecule has 0 aliphatic rings. The molecule has 0 amide bonds. The Morgan fingerprint density at radius 1 is 0.161 bits per heavy atom. The van der Waals surface area contributed by atoms with Crippen LogP contribution in [0.3, 0.4) is 0 Å². The van der Waals surface area contributed by atoms with Crippen LogP contribution in [0.2, 0.25) is 0 Å². The van der Waals surface area contributed by atoms with Crippen molar-refractivity contribution in [1.82, 2.24) is 53.2 Å². The van der Waals surface area contributed by atoms with E-state index in [-0.39, 0.29) is 0 Å². The van der Waals surface area contributed by atoms with Gasteiger partial charge in [-0.05, 0) is 221 Å². The van der Waals surface area contributed by atoms with Crippen molar-refractivity contribution in [3.63, 3.8) is 0 Å². The molecular weight excluding hydrogens is 1370 g/mol. The SMILES string of the molecule is c1ccc(-n2c3ccccc3c3cc(-c4ccc5c(c4)c4ccccc4n5-c4cccc(-c5cc(-c6ccccn6)cc(-c6ccccn6)c5)c4)cnc32)cc1.c1ccc(-n2c3ccccc3c3cc(-c4ccc5c(c4)c4ccccc4n5-c4cccc(-c5cc(-c6ccccn6)nc(-c6ccccn6)c5)c4)cnc32)cc1. The molecule has 11 heteroatoms. The van der Waals surface area contributed by atoms with Crippen LogP contribution in [0.25, 0.3) is 200 Å². The van der Waals surface area contributed by atoms with E-state index >= 15 is 0 Å². The van der Waals surface area contributed by atoms with Gasteiger partial charge in [0, 0.05) is 125 Å². The molecular formula is C101H65N11. The van der Waals surface area contributed by atoms with Crippen molar-refractivity contribution in [1.29, 1.82) is 0 Å². The first kappa shape index (κ1) is 65.0. The number of para-hydroxylation sites is 6. The van der Waals surface area contributed by atoms with Crippen molar-refractivity contribution in [2.24, 2.45) is 0 Å². The van der Waals surface area contributed by atoms with E-state index in [0.717, 1.165) is 168 Å². The Labute approximate surface area is 644 Å². The molecule has 0 spiro atoms. The summed E-state index contributed by atoms with van der Waals surface area (Å²) in [6, 6.07) is 126. The van der Waals surface area contributed by atoms with Crippen LogP contribution >= 0.6 is 0 Å². The molecule has 0 saturated heterocycles. The van der Waals surface area contributed by atoms with Crippen LogP contribution in [0.15, 0.2) is 395 Å². The third-order valence-corrected chi connectivity index (χ3v) is 21.5. The number of pyridine rings is 7. The van der Waals surface area contributed by atoms with E-state index in [9.17, 15) is 0 Å². The van der Waals surface area contributed by atoms with Crippen LogP contribution in [0.4, 0.5) is 0 Å². The third kappa shape index (κ3) is 11.5. The van der Waals surface area contributed by atoms with Crippen LogP contribution in [-0.2, 0) is 0 Å². The second-order valence-corrected chi connectivity index (χ2v) is 28.1. The van der Waals surface area contributed by atoms with Crippen molar-refractivity contribution in [2.45, 2.75) is 0 Å². The van der Waals surface area contributed by atoms with E-state index < -0.39 is 0 Å². The second-order valence-electron chi connectivity index (χ2n) is 28.1. The van der Waals surface area contributed by atoms with Gasteiger partial charge in [-0.1, -0.05) is 170 Å². The molecule has 524 valence electrons. The smallest absolute Gasteiger partial charge is 0.145 e. The van der Waals surface area contributed by atoms with Crippen molar-refractivity contribution in [2.75, 3.05) is 0 Å². The second kappa shape index (κ2) is 27.5. The van der Waals surface area contributed by atoms with Crippen molar-refractivity contribution >= 4 is 87.5 Å². The summed E-state index contributed by atoms with van der Waals surface area (Å²) < 4.78 is 9.26. The Kier molecular flexibility index (Phi) is 15.9. The molecule has 0 saturated carbocycles. The summed E-state index contributed by atoms with van der Waals surface area (Å²) in [5.41, 5.74) is 29.2. The summed E-state index contributed by atoms with van der Waals surface area (Å²) in [5.74, 6) is 0. The minimum absolute atomic E-state index is 0.802. The van der Waals surface area contributed by atoms with Gasteiger partial charge in [-0.3, -0.25) is 29.1 Å². The van der Waals surface area contributed by atoms with Crippen LogP contribution in [0, 0.1) is 0 Å².